The van der Waals surface area contributed by atoms with Crippen molar-refractivity contribution in [1.82, 2.24) is 15.2 Å². The lowest BCUT2D eigenvalue weighted by molar-refractivity contribution is -0.126. The summed E-state index contributed by atoms with van der Waals surface area (Å²) in [6, 6.07) is 0. The lowest BCUT2D eigenvalue weighted by Gasteiger charge is -2.35. The first-order chi connectivity index (χ1) is 27.0. The van der Waals surface area contributed by atoms with Gasteiger partial charge in [-0.3, -0.25) is 14.4 Å². The molecule has 0 aliphatic carbocycles. The molecule has 0 aromatic heterocycles. The Labute approximate surface area is 628 Å². The number of carbonyl (C=O) groups excluding carboxylic acids is 3. The highest BCUT2D eigenvalue weighted by Gasteiger charge is 2.57. The van der Waals surface area contributed by atoms with Crippen molar-refractivity contribution in [2.24, 2.45) is 0 Å². The number of aliphatic hydroxyl groups is 1. The second-order valence-electron chi connectivity index (χ2n) is 12.4. The van der Waals surface area contributed by atoms with Crippen molar-refractivity contribution in [3.05, 3.63) is 0 Å². The average molecular weight is 3020 g/mol. The van der Waals surface area contributed by atoms with Gasteiger partial charge < -0.3 is 30.3 Å². The molecule has 0 saturated carbocycles. The third kappa shape index (κ3) is 26.5. The van der Waals surface area contributed by atoms with Crippen LogP contribution in [-0.2, 0) is 14.4 Å². The standard InChI is InChI=1S/C6H13B24I20N3O6/c1-4(55)51-9(7-11(31)32)13(35)21(43)27(58)23(45)17(39)15(37)19(41)25(47)29(49)53(6(57)3-54)30(50)26(48)20(42)16(38)18(40)24(46)28(59)22(44)14(36)10(8-12(33)34)52-5(2)56/h54,58-59H,3H2,1-2H3,(H,51,55)(H,52,56). The average Bonchev–Trinajstić information content (AvgIpc) is 3.17. The van der Waals surface area contributed by atoms with Crippen LogP contribution in [0.4, 0.5) is 0 Å². The minimum absolute atomic E-state index is 0.0186. The molecule has 0 atom stereocenters. The maximum atomic E-state index is 13.6. The maximum Gasteiger partial charge on any atom is 0.284 e. The second kappa shape index (κ2) is 38.9. The van der Waals surface area contributed by atoms with Crippen LogP contribution in [0, 0.1) is 0 Å². The topological polar surface area (TPSA) is 139 Å². The normalized spacial score (nSPS) is 10.1. The van der Waals surface area contributed by atoms with E-state index in [1.807, 2.05) is 4.72 Å². The summed E-state index contributed by atoms with van der Waals surface area (Å²) in [5.41, 5.74) is 0. The molecule has 0 aromatic carbocycles. The fraction of sp³-hybridized carbons (Fsp3) is 0.500. The van der Waals surface area contributed by atoms with Crippen molar-refractivity contribution in [2.45, 2.75) is 13.8 Å². The number of halogens is 20. The molecule has 0 fully saturated rings. The fourth-order valence-corrected chi connectivity index (χ4v) is 29.5. The molecule has 0 aliphatic rings. The summed E-state index contributed by atoms with van der Waals surface area (Å²) in [5, 5.41) is 39.8. The van der Waals surface area contributed by atoms with Gasteiger partial charge in [0, 0.05) is 13.8 Å². The quantitative estimate of drug-likeness (QED) is 0.0555. The molecule has 0 bridgehead atoms. The minimum atomic E-state index is -0.623. The molecule has 5 N–H and O–H groups in total. The molecule has 2 radical (unpaired) electrons. The van der Waals surface area contributed by atoms with E-state index in [2.05, 4.69) is 472 Å². The number of nitrogens with zero attached hydrogens (tertiary/aromatic N) is 1. The third-order valence-corrected chi connectivity index (χ3v) is 50.2. The summed E-state index contributed by atoms with van der Waals surface area (Å²) in [4.78, 5) is 37.7. The smallest absolute Gasteiger partial charge is 0.284 e. The van der Waals surface area contributed by atoms with E-state index in [0.717, 1.165) is 0 Å². The third-order valence-electron chi connectivity index (χ3n) is 7.96. The summed E-state index contributed by atoms with van der Waals surface area (Å²) in [7, 11) is 4.22. The molecule has 0 saturated heterocycles. The van der Waals surface area contributed by atoms with Crippen LogP contribution in [0.2, 0.25) is 0 Å². The summed E-state index contributed by atoms with van der Waals surface area (Å²) >= 11 is 48.1. The van der Waals surface area contributed by atoms with Crippen LogP contribution < -0.4 is 10.5 Å². The molecular weight excluding hydrogens is 3010 g/mol. The lowest BCUT2D eigenvalue weighted by atomic mass is 8.82. The van der Waals surface area contributed by atoms with Gasteiger partial charge in [0.15, 0.2) is 65.5 Å². The van der Waals surface area contributed by atoms with Crippen molar-refractivity contribution in [1.29, 1.82) is 0 Å². The Kier molecular flexibility index (Phi) is 48.5. The number of rotatable bonds is 27. The van der Waals surface area contributed by atoms with Crippen molar-refractivity contribution in [2.75, 3.05) is 6.61 Å². The van der Waals surface area contributed by atoms with E-state index in [9.17, 15) is 29.5 Å². The molecule has 0 aromatic rings. The molecule has 0 heterocycles. The van der Waals surface area contributed by atoms with Gasteiger partial charge in [-0.25, -0.2) is 0 Å². The van der Waals surface area contributed by atoms with Gasteiger partial charge in [0.25, 0.3) is 9.19 Å². The highest BCUT2D eigenvalue weighted by atomic mass is 127. The Morgan fingerprint density at radius 3 is 0.915 bits per heavy atom. The zero-order valence-electron chi connectivity index (χ0n) is 29.6. The van der Waals surface area contributed by atoms with Gasteiger partial charge in [0.2, 0.25) is 44.5 Å². The van der Waals surface area contributed by atoms with Crippen molar-refractivity contribution < 1.29 is 29.5 Å². The summed E-state index contributed by atoms with van der Waals surface area (Å²) in [5.74, 6) is -0.502. The molecule has 300 valence electrons. The number of hydrogen-bond acceptors (Lipinski definition) is 6. The van der Waals surface area contributed by atoms with E-state index in [4.69, 9.17) is 0 Å². The Morgan fingerprint density at radius 2 is 0.678 bits per heavy atom. The van der Waals surface area contributed by atoms with E-state index >= 15 is 0 Å². The number of carbonyl (C=O) groups is 3. The van der Waals surface area contributed by atoms with Crippen LogP contribution >= 0.6 is 447 Å². The maximum absolute atomic E-state index is 13.6. The minimum Gasteiger partial charge on any atom is -0.466 e. The Hall–Kier alpha value is 14.4. The summed E-state index contributed by atoms with van der Waals surface area (Å²) < 4.78 is 2.16. The van der Waals surface area contributed by atoms with Gasteiger partial charge >= 0.3 is 0 Å². The van der Waals surface area contributed by atoms with E-state index < -0.39 is 20.0 Å². The zero-order valence-corrected chi connectivity index (χ0v) is 72.8. The highest BCUT2D eigenvalue weighted by Crippen LogP contribution is 2.32. The van der Waals surface area contributed by atoms with Crippen LogP contribution in [0.25, 0.3) is 0 Å². The van der Waals surface area contributed by atoms with Gasteiger partial charge in [-0.05, 0) is 0 Å². The van der Waals surface area contributed by atoms with Gasteiger partial charge in [-0.1, -0.05) is 0 Å². The number of aliphatic hydroxyl groups excluding tert-OH is 1. The highest BCUT2D eigenvalue weighted by molar-refractivity contribution is 14.3. The van der Waals surface area contributed by atoms with Gasteiger partial charge in [0.1, 0.15) is 6.61 Å². The number of amides is 3. The monoisotopic (exact) mass is 3030 g/mol. The van der Waals surface area contributed by atoms with E-state index in [1.165, 1.54) is 13.8 Å². The van der Waals surface area contributed by atoms with Crippen molar-refractivity contribution in [3.8, 4) is 0 Å². The van der Waals surface area contributed by atoms with Crippen molar-refractivity contribution >= 4 is 581 Å². The molecule has 0 aliphatic heterocycles. The lowest BCUT2D eigenvalue weighted by Crippen LogP contribution is -2.69. The molecule has 53 heteroatoms. The van der Waals surface area contributed by atoms with Gasteiger partial charge in [-0.15, -0.1) is 134 Å². The van der Waals surface area contributed by atoms with E-state index in [1.54, 1.807) is 0 Å². The molecule has 9 nitrogen and oxygen atoms in total. The largest absolute Gasteiger partial charge is 0.466 e. The van der Waals surface area contributed by atoms with Crippen LogP contribution in [0.1, 0.15) is 13.8 Å². The molecule has 0 spiro atoms. The Morgan fingerprint density at radius 1 is 0.441 bits per heavy atom. The summed E-state index contributed by atoms with van der Waals surface area (Å²) in [6.45, 7) is 0.868. The number of hydrogen-bond donors (Lipinski definition) is 5. The predicted octanol–water partition coefficient (Wildman–Crippen LogP) is 5.37. The first-order valence-electron chi connectivity index (χ1n) is 16.3. The number of nitrogens with one attached hydrogen (secondary N) is 2. The Bertz CT molecular complexity index is 1220. The summed E-state index contributed by atoms with van der Waals surface area (Å²) in [6.07, 6.45) is 0. The second-order valence-corrected chi connectivity index (χ2v) is 45.2. The van der Waals surface area contributed by atoms with Crippen molar-refractivity contribution in [3.63, 3.8) is 0 Å². The zero-order chi connectivity index (χ0) is 46.5. The molecule has 0 unspecified atom stereocenters. The van der Waals surface area contributed by atoms with Crippen LogP contribution in [0.5, 0.6) is 0 Å². The SMILES string of the molecule is CC(=O)NB([B]B(I)I)B(I)B(I)B(O)B(I)B(I)B(I)B(I)B(I)B(I)N(B(I)B(I)B(I)B(I)B(I)B(I)B(O)B(I)B(I)B([B]B(I)I)NC(C)=O)C(=O)CO. The van der Waals surface area contributed by atoms with E-state index in [0.29, 0.717) is 0 Å². The van der Waals surface area contributed by atoms with Gasteiger partial charge in [0.05, 0.1) is 14.1 Å². The van der Waals surface area contributed by atoms with Crippen LogP contribution in [-0.4, -0.2) is 160 Å². The fourth-order valence-electron chi connectivity index (χ4n) is 4.91. The first-order valence-corrected chi connectivity index (χ1v) is 41.2. The van der Waals surface area contributed by atoms with Gasteiger partial charge in [-0.2, -0.15) is 313 Å². The van der Waals surface area contributed by atoms with E-state index in [-0.39, 0.29) is 106 Å². The molecular formula is C6H13B24I20N3O6. The van der Waals surface area contributed by atoms with Crippen LogP contribution in [0.15, 0.2) is 0 Å². The predicted molar refractivity (Wildman–Crippen MR) is 464 cm³/mol. The molecule has 59 heavy (non-hydrogen) atoms. The van der Waals surface area contributed by atoms with Crippen LogP contribution in [0.3, 0.4) is 0 Å². The Balaban J connectivity index is 6.09. The molecule has 0 rings (SSSR count). The first kappa shape index (κ1) is 73.4. The molecule has 3 amide bonds.